The molecule has 0 aromatic heterocycles. The molecule has 110 valence electrons. The summed E-state index contributed by atoms with van der Waals surface area (Å²) < 4.78 is 10.7. The van der Waals surface area contributed by atoms with Crippen LogP contribution in [0.2, 0.25) is 0 Å². The second-order valence-electron chi connectivity index (χ2n) is 4.85. The topological polar surface area (TPSA) is 50.8 Å². The molecule has 20 heavy (non-hydrogen) atoms. The SMILES string of the molecule is CCOc1ccc(CN(C)C(=O)C2COCCN2)cc1. The number of morpholine rings is 1. The zero-order valence-corrected chi connectivity index (χ0v) is 12.1. The first kappa shape index (κ1) is 14.8. The highest BCUT2D eigenvalue weighted by atomic mass is 16.5. The van der Waals surface area contributed by atoms with Gasteiger partial charge in [0.05, 0.1) is 19.8 Å². The van der Waals surface area contributed by atoms with E-state index in [4.69, 9.17) is 9.47 Å². The molecule has 5 nitrogen and oxygen atoms in total. The Bertz CT molecular complexity index is 427. The first-order valence-electron chi connectivity index (χ1n) is 6.98. The highest BCUT2D eigenvalue weighted by Crippen LogP contribution is 2.13. The van der Waals surface area contributed by atoms with Crippen molar-refractivity contribution < 1.29 is 14.3 Å². The second-order valence-corrected chi connectivity index (χ2v) is 4.85. The van der Waals surface area contributed by atoms with E-state index in [1.165, 1.54) is 0 Å². The summed E-state index contributed by atoms with van der Waals surface area (Å²) >= 11 is 0. The average Bonchev–Trinajstić information content (AvgIpc) is 2.49. The van der Waals surface area contributed by atoms with Crippen molar-refractivity contribution >= 4 is 5.91 Å². The molecule has 0 bridgehead atoms. The molecule has 5 heteroatoms. The molecule has 1 N–H and O–H groups in total. The zero-order chi connectivity index (χ0) is 14.4. The predicted octanol–water partition coefficient (Wildman–Crippen LogP) is 1.03. The van der Waals surface area contributed by atoms with Gasteiger partial charge in [-0.15, -0.1) is 0 Å². The number of likely N-dealkylation sites (N-methyl/N-ethyl adjacent to an activating group) is 1. The smallest absolute Gasteiger partial charge is 0.242 e. The Labute approximate surface area is 119 Å². The maximum atomic E-state index is 12.2. The third-order valence-electron chi connectivity index (χ3n) is 3.25. The van der Waals surface area contributed by atoms with E-state index < -0.39 is 0 Å². The van der Waals surface area contributed by atoms with Crippen LogP contribution in [-0.4, -0.2) is 50.3 Å². The standard InChI is InChI=1S/C15H22N2O3/c1-3-20-13-6-4-12(5-7-13)10-17(2)15(18)14-11-19-9-8-16-14/h4-7,14,16H,3,8-11H2,1-2H3. The summed E-state index contributed by atoms with van der Waals surface area (Å²) in [5.41, 5.74) is 1.08. The lowest BCUT2D eigenvalue weighted by molar-refractivity contribution is -0.135. The van der Waals surface area contributed by atoms with Gasteiger partial charge in [-0.3, -0.25) is 4.79 Å². The lowest BCUT2D eigenvalue weighted by Crippen LogP contribution is -2.51. The number of hydrogen-bond donors (Lipinski definition) is 1. The van der Waals surface area contributed by atoms with E-state index in [2.05, 4.69) is 5.32 Å². The fourth-order valence-electron chi connectivity index (χ4n) is 2.20. The molecule has 1 amide bonds. The molecule has 0 spiro atoms. The summed E-state index contributed by atoms with van der Waals surface area (Å²) in [7, 11) is 1.81. The molecular formula is C15H22N2O3. The van der Waals surface area contributed by atoms with Crippen LogP contribution in [0, 0.1) is 0 Å². The number of carbonyl (C=O) groups is 1. The van der Waals surface area contributed by atoms with E-state index in [9.17, 15) is 4.79 Å². The molecule has 1 unspecified atom stereocenters. The minimum atomic E-state index is -0.226. The summed E-state index contributed by atoms with van der Waals surface area (Å²) in [6.07, 6.45) is 0. The average molecular weight is 278 g/mol. The number of hydrogen-bond acceptors (Lipinski definition) is 4. The van der Waals surface area contributed by atoms with Crippen LogP contribution >= 0.6 is 0 Å². The van der Waals surface area contributed by atoms with Gasteiger partial charge in [0.25, 0.3) is 0 Å². The van der Waals surface area contributed by atoms with Crippen molar-refractivity contribution in [2.75, 3.05) is 33.4 Å². The Morgan fingerprint density at radius 2 is 2.20 bits per heavy atom. The van der Waals surface area contributed by atoms with Crippen LogP contribution in [0.5, 0.6) is 5.75 Å². The first-order valence-corrected chi connectivity index (χ1v) is 6.98. The summed E-state index contributed by atoms with van der Waals surface area (Å²) in [6.45, 7) is 5.06. The van der Waals surface area contributed by atoms with Gasteiger partial charge < -0.3 is 19.7 Å². The Kier molecular flexibility index (Phi) is 5.38. The van der Waals surface area contributed by atoms with E-state index in [-0.39, 0.29) is 11.9 Å². The molecule has 1 aliphatic heterocycles. The lowest BCUT2D eigenvalue weighted by Gasteiger charge is -2.27. The van der Waals surface area contributed by atoms with Crippen molar-refractivity contribution in [1.29, 1.82) is 0 Å². The van der Waals surface area contributed by atoms with Crippen LogP contribution < -0.4 is 10.1 Å². The third kappa shape index (κ3) is 3.95. The number of ether oxygens (including phenoxy) is 2. The van der Waals surface area contributed by atoms with Gasteiger partial charge in [-0.2, -0.15) is 0 Å². The monoisotopic (exact) mass is 278 g/mol. The Balaban J connectivity index is 1.89. The van der Waals surface area contributed by atoms with Crippen LogP contribution in [-0.2, 0) is 16.1 Å². The summed E-state index contributed by atoms with van der Waals surface area (Å²) in [5, 5.41) is 3.18. The molecule has 1 aromatic rings. The van der Waals surface area contributed by atoms with E-state index in [1.54, 1.807) is 4.90 Å². The van der Waals surface area contributed by atoms with Crippen molar-refractivity contribution in [3.8, 4) is 5.75 Å². The number of rotatable bonds is 5. The Morgan fingerprint density at radius 3 is 2.80 bits per heavy atom. The summed E-state index contributed by atoms with van der Waals surface area (Å²) in [6, 6.07) is 7.61. The van der Waals surface area contributed by atoms with E-state index in [1.807, 2.05) is 38.2 Å². The van der Waals surface area contributed by atoms with Crippen LogP contribution in [0.4, 0.5) is 0 Å². The molecule has 1 saturated heterocycles. The van der Waals surface area contributed by atoms with Crippen LogP contribution in [0.15, 0.2) is 24.3 Å². The molecule has 1 heterocycles. The quantitative estimate of drug-likeness (QED) is 0.874. The van der Waals surface area contributed by atoms with Crippen LogP contribution in [0.25, 0.3) is 0 Å². The summed E-state index contributed by atoms with van der Waals surface area (Å²) in [5.74, 6) is 0.922. The largest absolute Gasteiger partial charge is 0.494 e. The number of nitrogens with one attached hydrogen (secondary N) is 1. The normalized spacial score (nSPS) is 18.6. The highest BCUT2D eigenvalue weighted by Gasteiger charge is 2.24. The van der Waals surface area contributed by atoms with Crippen molar-refractivity contribution in [1.82, 2.24) is 10.2 Å². The first-order chi connectivity index (χ1) is 9.70. The van der Waals surface area contributed by atoms with Crippen molar-refractivity contribution in [2.24, 2.45) is 0 Å². The van der Waals surface area contributed by atoms with Gasteiger partial charge in [0, 0.05) is 20.1 Å². The molecule has 0 saturated carbocycles. The molecule has 0 radical (unpaired) electrons. The fraction of sp³-hybridized carbons (Fsp3) is 0.533. The zero-order valence-electron chi connectivity index (χ0n) is 12.1. The number of nitrogens with zero attached hydrogens (tertiary/aromatic N) is 1. The second kappa shape index (κ2) is 7.26. The van der Waals surface area contributed by atoms with E-state index in [0.717, 1.165) is 17.9 Å². The Morgan fingerprint density at radius 1 is 1.45 bits per heavy atom. The van der Waals surface area contributed by atoms with Gasteiger partial charge >= 0.3 is 0 Å². The lowest BCUT2D eigenvalue weighted by atomic mass is 10.2. The highest BCUT2D eigenvalue weighted by molar-refractivity contribution is 5.81. The van der Waals surface area contributed by atoms with E-state index in [0.29, 0.717) is 26.4 Å². The van der Waals surface area contributed by atoms with Gasteiger partial charge in [-0.25, -0.2) is 0 Å². The third-order valence-corrected chi connectivity index (χ3v) is 3.25. The number of carbonyl (C=O) groups excluding carboxylic acids is 1. The van der Waals surface area contributed by atoms with Gasteiger partial charge in [-0.1, -0.05) is 12.1 Å². The van der Waals surface area contributed by atoms with Gasteiger partial charge in [0.15, 0.2) is 0 Å². The van der Waals surface area contributed by atoms with Gasteiger partial charge in [0.1, 0.15) is 11.8 Å². The van der Waals surface area contributed by atoms with Gasteiger partial charge in [-0.05, 0) is 24.6 Å². The predicted molar refractivity (Wildman–Crippen MR) is 76.7 cm³/mol. The maximum Gasteiger partial charge on any atom is 0.242 e. The maximum absolute atomic E-state index is 12.2. The fourth-order valence-corrected chi connectivity index (χ4v) is 2.20. The molecule has 1 aromatic carbocycles. The molecular weight excluding hydrogens is 256 g/mol. The van der Waals surface area contributed by atoms with Gasteiger partial charge in [0.2, 0.25) is 5.91 Å². The minimum Gasteiger partial charge on any atom is -0.494 e. The molecule has 0 aliphatic carbocycles. The molecule has 1 aliphatic rings. The summed E-state index contributed by atoms with van der Waals surface area (Å²) in [4.78, 5) is 14.0. The number of benzene rings is 1. The Hall–Kier alpha value is -1.59. The van der Waals surface area contributed by atoms with Crippen molar-refractivity contribution in [3.63, 3.8) is 0 Å². The van der Waals surface area contributed by atoms with E-state index >= 15 is 0 Å². The minimum absolute atomic E-state index is 0.0681. The number of amides is 1. The van der Waals surface area contributed by atoms with Crippen molar-refractivity contribution in [2.45, 2.75) is 19.5 Å². The van der Waals surface area contributed by atoms with Crippen molar-refractivity contribution in [3.05, 3.63) is 29.8 Å². The molecule has 1 fully saturated rings. The molecule has 1 atom stereocenters. The van der Waals surface area contributed by atoms with Crippen LogP contribution in [0.1, 0.15) is 12.5 Å². The van der Waals surface area contributed by atoms with Crippen LogP contribution in [0.3, 0.4) is 0 Å². The molecule has 2 rings (SSSR count).